The molecule has 1 aromatic rings. The summed E-state index contributed by atoms with van der Waals surface area (Å²) in [6.45, 7) is 4.87. The first-order valence-electron chi connectivity index (χ1n) is 7.15. The minimum Gasteiger partial charge on any atom is -0.487 e. The van der Waals surface area contributed by atoms with Crippen molar-refractivity contribution in [1.29, 1.82) is 0 Å². The summed E-state index contributed by atoms with van der Waals surface area (Å²) in [6, 6.07) is 5.95. The van der Waals surface area contributed by atoms with Crippen molar-refractivity contribution in [2.75, 3.05) is 6.54 Å². The van der Waals surface area contributed by atoms with Gasteiger partial charge in [-0.15, -0.1) is 0 Å². The van der Waals surface area contributed by atoms with Crippen LogP contribution in [0.4, 0.5) is 0 Å². The van der Waals surface area contributed by atoms with Gasteiger partial charge in [-0.3, -0.25) is 9.59 Å². The summed E-state index contributed by atoms with van der Waals surface area (Å²) in [5, 5.41) is 9.00. The van der Waals surface area contributed by atoms with Gasteiger partial charge in [0.15, 0.2) is 0 Å². The predicted molar refractivity (Wildman–Crippen MR) is 76.0 cm³/mol. The van der Waals surface area contributed by atoms with Gasteiger partial charge in [0.25, 0.3) is 0 Å². The van der Waals surface area contributed by atoms with Crippen LogP contribution in [-0.2, 0) is 22.6 Å². The molecule has 1 atom stereocenters. The topological polar surface area (TPSA) is 66.8 Å². The summed E-state index contributed by atoms with van der Waals surface area (Å²) in [7, 11) is 0. The van der Waals surface area contributed by atoms with Crippen LogP contribution < -0.4 is 4.74 Å². The van der Waals surface area contributed by atoms with Crippen LogP contribution in [0.1, 0.15) is 31.4 Å². The van der Waals surface area contributed by atoms with Gasteiger partial charge in [0.2, 0.25) is 5.91 Å². The quantitative estimate of drug-likeness (QED) is 0.922. The van der Waals surface area contributed by atoms with Gasteiger partial charge in [-0.1, -0.05) is 12.1 Å². The number of amides is 1. The number of benzene rings is 1. The number of carboxylic acids is 1. The highest BCUT2D eigenvalue weighted by Gasteiger charge is 2.34. The Morgan fingerprint density at radius 3 is 2.90 bits per heavy atom. The van der Waals surface area contributed by atoms with E-state index in [2.05, 4.69) is 6.07 Å². The number of ether oxygens (including phenoxy) is 1. The molecular weight excluding hydrogens is 270 g/mol. The highest BCUT2D eigenvalue weighted by molar-refractivity contribution is 5.86. The number of fused-ring (bicyclic) bond motifs is 1. The van der Waals surface area contributed by atoms with E-state index in [0.29, 0.717) is 13.1 Å². The number of hydrogen-bond donors (Lipinski definition) is 1. The average molecular weight is 289 g/mol. The second-order valence-corrected chi connectivity index (χ2v) is 6.49. The smallest absolute Gasteiger partial charge is 0.308 e. The fourth-order valence-electron chi connectivity index (χ4n) is 3.07. The standard InChI is InChI=1S/C16H19NO4/c1-16(2)7-11-5-10(3-4-13(11)21-16)8-17-9-12(15(19)20)6-14(17)18/h3-5,12H,6-9H2,1-2H3,(H,19,20). The molecule has 0 saturated carbocycles. The third kappa shape index (κ3) is 2.73. The van der Waals surface area contributed by atoms with E-state index in [9.17, 15) is 9.59 Å². The highest BCUT2D eigenvalue weighted by Crippen LogP contribution is 2.35. The zero-order chi connectivity index (χ0) is 15.2. The Morgan fingerprint density at radius 2 is 2.24 bits per heavy atom. The molecule has 112 valence electrons. The van der Waals surface area contributed by atoms with Crippen molar-refractivity contribution in [2.24, 2.45) is 5.92 Å². The first-order chi connectivity index (χ1) is 9.84. The maximum Gasteiger partial charge on any atom is 0.308 e. The Bertz CT molecular complexity index is 608. The Morgan fingerprint density at radius 1 is 1.48 bits per heavy atom. The summed E-state index contributed by atoms with van der Waals surface area (Å²) in [6.07, 6.45) is 0.957. The predicted octanol–water partition coefficient (Wildman–Crippen LogP) is 1.83. The van der Waals surface area contributed by atoms with Crippen LogP contribution in [0.3, 0.4) is 0 Å². The fraction of sp³-hybridized carbons (Fsp3) is 0.500. The number of hydrogen-bond acceptors (Lipinski definition) is 3. The van der Waals surface area contributed by atoms with Gasteiger partial charge in [0.1, 0.15) is 11.4 Å². The van der Waals surface area contributed by atoms with E-state index in [1.807, 2.05) is 26.0 Å². The van der Waals surface area contributed by atoms with Crippen LogP contribution in [0.15, 0.2) is 18.2 Å². The number of carbonyl (C=O) groups is 2. The molecule has 0 spiro atoms. The molecule has 1 saturated heterocycles. The maximum atomic E-state index is 11.9. The molecule has 0 bridgehead atoms. The van der Waals surface area contributed by atoms with Crippen LogP contribution >= 0.6 is 0 Å². The molecular formula is C16H19NO4. The van der Waals surface area contributed by atoms with Gasteiger partial charge in [0, 0.05) is 25.9 Å². The first kappa shape index (κ1) is 13.9. The van der Waals surface area contributed by atoms with Crippen LogP contribution in [-0.4, -0.2) is 34.0 Å². The molecule has 1 unspecified atom stereocenters. The van der Waals surface area contributed by atoms with E-state index < -0.39 is 11.9 Å². The van der Waals surface area contributed by atoms with E-state index in [1.165, 1.54) is 0 Å². The van der Waals surface area contributed by atoms with Gasteiger partial charge in [0.05, 0.1) is 5.92 Å². The molecule has 1 N–H and O–H groups in total. The number of likely N-dealkylation sites (tertiary alicyclic amines) is 1. The second-order valence-electron chi connectivity index (χ2n) is 6.49. The number of nitrogens with zero attached hydrogens (tertiary/aromatic N) is 1. The molecule has 2 aliphatic heterocycles. The van der Waals surface area contributed by atoms with Gasteiger partial charge >= 0.3 is 5.97 Å². The van der Waals surface area contributed by atoms with E-state index >= 15 is 0 Å². The van der Waals surface area contributed by atoms with Crippen molar-refractivity contribution in [3.63, 3.8) is 0 Å². The number of carboxylic acid groups (broad SMARTS) is 1. The minimum absolute atomic E-state index is 0.0838. The van der Waals surface area contributed by atoms with Crippen LogP contribution in [0.2, 0.25) is 0 Å². The van der Waals surface area contributed by atoms with E-state index in [0.717, 1.165) is 23.3 Å². The summed E-state index contributed by atoms with van der Waals surface area (Å²) in [5.74, 6) is -0.650. The Hall–Kier alpha value is -2.04. The van der Waals surface area contributed by atoms with Gasteiger partial charge < -0.3 is 14.7 Å². The normalized spacial score (nSPS) is 23.0. The molecule has 1 fully saturated rings. The zero-order valence-electron chi connectivity index (χ0n) is 12.3. The summed E-state index contributed by atoms with van der Waals surface area (Å²) in [5.41, 5.74) is 1.99. The molecule has 2 heterocycles. The van der Waals surface area contributed by atoms with Crippen molar-refractivity contribution >= 4 is 11.9 Å². The lowest BCUT2D eigenvalue weighted by atomic mass is 10.00. The first-order valence-corrected chi connectivity index (χ1v) is 7.15. The summed E-state index contributed by atoms with van der Waals surface area (Å²) in [4.78, 5) is 24.5. The molecule has 1 amide bonds. The number of carbonyl (C=O) groups excluding carboxylic acids is 1. The molecule has 1 aromatic carbocycles. The summed E-state index contributed by atoms with van der Waals surface area (Å²) >= 11 is 0. The number of aliphatic carboxylic acids is 1. The number of rotatable bonds is 3. The molecule has 21 heavy (non-hydrogen) atoms. The third-order valence-corrected chi connectivity index (χ3v) is 4.06. The van der Waals surface area contributed by atoms with Gasteiger partial charge in [-0.25, -0.2) is 0 Å². The molecule has 5 heteroatoms. The van der Waals surface area contributed by atoms with Crippen LogP contribution in [0.25, 0.3) is 0 Å². The molecule has 2 aliphatic rings. The lowest BCUT2D eigenvalue weighted by Crippen LogP contribution is -2.25. The molecule has 0 radical (unpaired) electrons. The lowest BCUT2D eigenvalue weighted by Gasteiger charge is -2.17. The Kier molecular flexibility index (Phi) is 3.15. The van der Waals surface area contributed by atoms with Crippen molar-refractivity contribution in [3.05, 3.63) is 29.3 Å². The van der Waals surface area contributed by atoms with E-state index in [-0.39, 0.29) is 17.9 Å². The van der Waals surface area contributed by atoms with Gasteiger partial charge in [-0.05, 0) is 31.0 Å². The Balaban J connectivity index is 1.73. The molecule has 0 aliphatic carbocycles. The van der Waals surface area contributed by atoms with Crippen molar-refractivity contribution < 1.29 is 19.4 Å². The SMILES string of the molecule is CC1(C)Cc2cc(CN3CC(C(=O)O)CC3=O)ccc2O1. The third-order valence-electron chi connectivity index (χ3n) is 4.06. The van der Waals surface area contributed by atoms with Crippen molar-refractivity contribution in [1.82, 2.24) is 4.90 Å². The lowest BCUT2D eigenvalue weighted by molar-refractivity contribution is -0.141. The average Bonchev–Trinajstić information content (AvgIpc) is 2.88. The second kappa shape index (κ2) is 4.76. The maximum absolute atomic E-state index is 11.9. The highest BCUT2D eigenvalue weighted by atomic mass is 16.5. The van der Waals surface area contributed by atoms with Crippen molar-refractivity contribution in [2.45, 2.75) is 38.8 Å². The minimum atomic E-state index is -0.894. The molecule has 5 nitrogen and oxygen atoms in total. The van der Waals surface area contributed by atoms with E-state index in [1.54, 1.807) is 4.90 Å². The van der Waals surface area contributed by atoms with E-state index in [4.69, 9.17) is 9.84 Å². The monoisotopic (exact) mass is 289 g/mol. The fourth-order valence-corrected chi connectivity index (χ4v) is 3.07. The van der Waals surface area contributed by atoms with Gasteiger partial charge in [-0.2, -0.15) is 0 Å². The zero-order valence-corrected chi connectivity index (χ0v) is 12.3. The largest absolute Gasteiger partial charge is 0.487 e. The molecule has 0 aromatic heterocycles. The van der Waals surface area contributed by atoms with Crippen LogP contribution in [0.5, 0.6) is 5.75 Å². The summed E-state index contributed by atoms with van der Waals surface area (Å²) < 4.78 is 5.83. The molecule has 3 rings (SSSR count). The Labute approximate surface area is 123 Å². The van der Waals surface area contributed by atoms with Crippen molar-refractivity contribution in [3.8, 4) is 5.75 Å². The van der Waals surface area contributed by atoms with Crippen LogP contribution in [0, 0.1) is 5.92 Å².